The standard InChI is InChI=1S/C24H18O7/c1-28-18-9-14(10-19-24(18)30-12-29-19)16-11-20(25)31-17-8-7-15(23(27)21(16)17)22(26)13-5-3-2-4-6-13/h2-10,16,27H,11-12H2,1H3/t16-/m1/s1. The third kappa shape index (κ3) is 3.15. The topological polar surface area (TPSA) is 91.3 Å². The molecule has 2 aliphatic heterocycles. The molecule has 0 spiro atoms. The zero-order chi connectivity index (χ0) is 21.5. The van der Waals surface area contributed by atoms with Gasteiger partial charge in [-0.2, -0.15) is 0 Å². The van der Waals surface area contributed by atoms with E-state index in [0.29, 0.717) is 33.9 Å². The Balaban J connectivity index is 1.65. The van der Waals surface area contributed by atoms with Gasteiger partial charge < -0.3 is 24.1 Å². The molecular formula is C24H18O7. The Bertz CT molecular complexity index is 1200. The maximum atomic E-state index is 13.0. The third-order valence-corrected chi connectivity index (χ3v) is 5.48. The molecule has 31 heavy (non-hydrogen) atoms. The van der Waals surface area contributed by atoms with Crippen LogP contribution in [0.5, 0.6) is 28.7 Å². The Kier molecular flexibility index (Phi) is 4.51. The maximum absolute atomic E-state index is 13.0. The van der Waals surface area contributed by atoms with Gasteiger partial charge in [-0.25, -0.2) is 0 Å². The number of phenolic OH excluding ortho intramolecular Hbond substituents is 1. The minimum atomic E-state index is -0.553. The SMILES string of the molecule is COc1cc([C@H]2CC(=O)Oc3ccc(C(=O)c4ccccc4)c(O)c32)cc2c1OCO2. The zero-order valence-corrected chi connectivity index (χ0v) is 16.6. The number of fused-ring (bicyclic) bond motifs is 2. The van der Waals surface area contributed by atoms with E-state index in [9.17, 15) is 14.7 Å². The summed E-state index contributed by atoms with van der Waals surface area (Å²) in [6.45, 7) is 0.0689. The number of methoxy groups -OCH3 is 1. The number of ether oxygens (including phenoxy) is 4. The van der Waals surface area contributed by atoms with Crippen molar-refractivity contribution in [2.45, 2.75) is 12.3 Å². The summed E-state index contributed by atoms with van der Waals surface area (Å²) in [4.78, 5) is 25.3. The number of carbonyl (C=O) groups excluding carboxylic acids is 2. The second-order valence-electron chi connectivity index (χ2n) is 7.26. The van der Waals surface area contributed by atoms with Gasteiger partial charge in [0.15, 0.2) is 17.3 Å². The summed E-state index contributed by atoms with van der Waals surface area (Å²) in [7, 11) is 1.51. The van der Waals surface area contributed by atoms with E-state index < -0.39 is 11.9 Å². The van der Waals surface area contributed by atoms with E-state index in [-0.39, 0.29) is 36.1 Å². The molecule has 0 saturated heterocycles. The number of ketones is 1. The number of hydrogen-bond acceptors (Lipinski definition) is 7. The maximum Gasteiger partial charge on any atom is 0.312 e. The van der Waals surface area contributed by atoms with Gasteiger partial charge in [-0.3, -0.25) is 9.59 Å². The molecule has 0 unspecified atom stereocenters. The van der Waals surface area contributed by atoms with Gasteiger partial charge in [0.05, 0.1) is 19.1 Å². The molecule has 0 radical (unpaired) electrons. The van der Waals surface area contributed by atoms with Crippen LogP contribution in [0.2, 0.25) is 0 Å². The number of hydrogen-bond donors (Lipinski definition) is 1. The zero-order valence-electron chi connectivity index (χ0n) is 16.6. The lowest BCUT2D eigenvalue weighted by atomic mass is 9.83. The number of phenols is 1. The first-order valence-electron chi connectivity index (χ1n) is 9.70. The summed E-state index contributed by atoms with van der Waals surface area (Å²) >= 11 is 0. The highest BCUT2D eigenvalue weighted by atomic mass is 16.7. The molecule has 2 aliphatic rings. The van der Waals surface area contributed by atoms with E-state index in [1.807, 2.05) is 6.07 Å². The van der Waals surface area contributed by atoms with E-state index in [0.717, 1.165) is 0 Å². The van der Waals surface area contributed by atoms with E-state index in [2.05, 4.69) is 0 Å². The molecule has 3 aromatic rings. The minimum Gasteiger partial charge on any atom is -0.507 e. The van der Waals surface area contributed by atoms with Gasteiger partial charge in [-0.05, 0) is 29.8 Å². The first-order valence-corrected chi connectivity index (χ1v) is 9.70. The van der Waals surface area contributed by atoms with Crippen molar-refractivity contribution in [2.75, 3.05) is 13.9 Å². The van der Waals surface area contributed by atoms with Gasteiger partial charge in [0.25, 0.3) is 0 Å². The van der Waals surface area contributed by atoms with Crippen LogP contribution in [-0.4, -0.2) is 30.8 Å². The Labute approximate surface area is 177 Å². The van der Waals surface area contributed by atoms with Crippen molar-refractivity contribution >= 4 is 11.8 Å². The molecule has 5 rings (SSSR count). The molecular weight excluding hydrogens is 400 g/mol. The van der Waals surface area contributed by atoms with Crippen molar-refractivity contribution in [3.8, 4) is 28.7 Å². The highest BCUT2D eigenvalue weighted by Crippen LogP contribution is 2.49. The number of aromatic hydroxyl groups is 1. The molecule has 0 fully saturated rings. The number of benzene rings is 3. The summed E-state index contributed by atoms with van der Waals surface area (Å²) in [5.41, 5.74) is 1.65. The number of carbonyl (C=O) groups is 2. The first kappa shape index (κ1) is 19.0. The first-order chi connectivity index (χ1) is 15.1. The Morgan fingerprint density at radius 1 is 1.06 bits per heavy atom. The van der Waals surface area contributed by atoms with Gasteiger partial charge in [0, 0.05) is 17.0 Å². The van der Waals surface area contributed by atoms with Crippen molar-refractivity contribution in [1.29, 1.82) is 0 Å². The highest BCUT2D eigenvalue weighted by Gasteiger charge is 2.35. The Morgan fingerprint density at radius 2 is 1.87 bits per heavy atom. The van der Waals surface area contributed by atoms with Crippen molar-refractivity contribution in [1.82, 2.24) is 0 Å². The van der Waals surface area contributed by atoms with Crippen LogP contribution in [-0.2, 0) is 4.79 Å². The average molecular weight is 418 g/mol. The van der Waals surface area contributed by atoms with E-state index in [1.54, 1.807) is 42.5 Å². The lowest BCUT2D eigenvalue weighted by molar-refractivity contribution is -0.135. The van der Waals surface area contributed by atoms with Crippen LogP contribution in [0, 0.1) is 0 Å². The molecule has 1 atom stereocenters. The summed E-state index contributed by atoms with van der Waals surface area (Å²) < 4.78 is 21.7. The molecule has 7 nitrogen and oxygen atoms in total. The molecule has 0 bridgehead atoms. The normalized spacial score (nSPS) is 16.4. The van der Waals surface area contributed by atoms with Crippen molar-refractivity contribution in [2.24, 2.45) is 0 Å². The average Bonchev–Trinajstić information content (AvgIpc) is 3.27. The van der Waals surface area contributed by atoms with Gasteiger partial charge in [0.2, 0.25) is 12.5 Å². The monoisotopic (exact) mass is 418 g/mol. The summed E-state index contributed by atoms with van der Waals surface area (Å²) in [5, 5.41) is 11.1. The molecule has 0 saturated carbocycles. The molecule has 3 aromatic carbocycles. The molecule has 2 heterocycles. The Hall–Kier alpha value is -4.00. The molecule has 7 heteroatoms. The molecule has 0 aromatic heterocycles. The summed E-state index contributed by atoms with van der Waals surface area (Å²) in [6, 6.07) is 15.2. The molecule has 0 aliphatic carbocycles. The van der Waals surface area contributed by atoms with Crippen molar-refractivity contribution in [3.63, 3.8) is 0 Å². The fourth-order valence-corrected chi connectivity index (χ4v) is 4.01. The van der Waals surface area contributed by atoms with Gasteiger partial charge >= 0.3 is 5.97 Å². The lowest BCUT2D eigenvalue weighted by Crippen LogP contribution is -2.22. The third-order valence-electron chi connectivity index (χ3n) is 5.48. The molecule has 1 N–H and O–H groups in total. The van der Waals surface area contributed by atoms with Crippen molar-refractivity contribution in [3.05, 3.63) is 76.9 Å². The van der Waals surface area contributed by atoms with Gasteiger partial charge in [0.1, 0.15) is 11.5 Å². The van der Waals surface area contributed by atoms with Crippen LogP contribution >= 0.6 is 0 Å². The van der Waals surface area contributed by atoms with Crippen LogP contribution in [0.25, 0.3) is 0 Å². The Morgan fingerprint density at radius 3 is 2.65 bits per heavy atom. The lowest BCUT2D eigenvalue weighted by Gasteiger charge is -2.27. The summed E-state index contributed by atoms with van der Waals surface area (Å²) in [5.74, 6) is 0.147. The fourth-order valence-electron chi connectivity index (χ4n) is 4.01. The van der Waals surface area contributed by atoms with Crippen LogP contribution < -0.4 is 18.9 Å². The fraction of sp³-hybridized carbons (Fsp3) is 0.167. The highest BCUT2D eigenvalue weighted by molar-refractivity contribution is 6.11. The number of esters is 1. The number of rotatable bonds is 4. The quantitative estimate of drug-likeness (QED) is 0.391. The summed E-state index contributed by atoms with van der Waals surface area (Å²) in [6.07, 6.45) is -0.00760. The van der Waals surface area contributed by atoms with Crippen LogP contribution in [0.3, 0.4) is 0 Å². The predicted octanol–water partition coefficient (Wildman–Crippen LogP) is 3.80. The smallest absolute Gasteiger partial charge is 0.312 e. The van der Waals surface area contributed by atoms with Crippen LogP contribution in [0.1, 0.15) is 39.4 Å². The van der Waals surface area contributed by atoms with E-state index >= 15 is 0 Å². The second kappa shape index (κ2) is 7.36. The minimum absolute atomic E-state index is 0.00760. The van der Waals surface area contributed by atoms with Gasteiger partial charge in [-0.15, -0.1) is 0 Å². The van der Waals surface area contributed by atoms with Gasteiger partial charge in [-0.1, -0.05) is 30.3 Å². The molecule has 0 amide bonds. The molecule has 156 valence electrons. The van der Waals surface area contributed by atoms with E-state index in [4.69, 9.17) is 18.9 Å². The predicted molar refractivity (Wildman–Crippen MR) is 109 cm³/mol. The van der Waals surface area contributed by atoms with Crippen molar-refractivity contribution < 1.29 is 33.6 Å². The largest absolute Gasteiger partial charge is 0.507 e. The second-order valence-corrected chi connectivity index (χ2v) is 7.26. The van der Waals surface area contributed by atoms with E-state index in [1.165, 1.54) is 13.2 Å². The van der Waals surface area contributed by atoms with Crippen LogP contribution in [0.15, 0.2) is 54.6 Å². The van der Waals surface area contributed by atoms with Crippen LogP contribution in [0.4, 0.5) is 0 Å².